The third-order valence-electron chi connectivity index (χ3n) is 2.32. The Bertz CT molecular complexity index is 515. The molecular formula is C15H13NO. The summed E-state index contributed by atoms with van der Waals surface area (Å²) < 4.78 is 0.847. The minimum atomic E-state index is 0.630. The van der Waals surface area contributed by atoms with Crippen molar-refractivity contribution in [3.05, 3.63) is 77.5 Å². The number of para-hydroxylation sites is 1. The fourth-order valence-electron chi connectivity index (χ4n) is 1.46. The normalized spacial score (nSPS) is 11.9. The first-order valence-electron chi connectivity index (χ1n) is 5.44. The van der Waals surface area contributed by atoms with Crippen LogP contribution in [-0.2, 0) is 0 Å². The first kappa shape index (κ1) is 11.1. The van der Waals surface area contributed by atoms with E-state index >= 15 is 0 Å². The summed E-state index contributed by atoms with van der Waals surface area (Å²) in [5.41, 5.74) is 1.70. The van der Waals surface area contributed by atoms with Crippen molar-refractivity contribution in [2.45, 2.75) is 0 Å². The molecule has 2 aromatic carbocycles. The second-order valence-electron chi connectivity index (χ2n) is 3.58. The van der Waals surface area contributed by atoms with Gasteiger partial charge in [0.2, 0.25) is 5.69 Å². The first-order chi connectivity index (χ1) is 8.36. The van der Waals surface area contributed by atoms with E-state index in [4.69, 9.17) is 0 Å². The van der Waals surface area contributed by atoms with Crippen molar-refractivity contribution in [3.63, 3.8) is 0 Å². The van der Waals surface area contributed by atoms with Crippen molar-refractivity contribution in [1.29, 1.82) is 0 Å². The van der Waals surface area contributed by atoms with E-state index in [0.29, 0.717) is 5.69 Å². The number of rotatable bonds is 3. The third-order valence-corrected chi connectivity index (χ3v) is 2.32. The van der Waals surface area contributed by atoms with Gasteiger partial charge in [0.25, 0.3) is 0 Å². The summed E-state index contributed by atoms with van der Waals surface area (Å²) in [4.78, 5) is 0. The highest BCUT2D eigenvalue weighted by molar-refractivity contribution is 5.75. The quantitative estimate of drug-likeness (QED) is 0.338. The molecule has 0 aliphatic carbocycles. The second kappa shape index (κ2) is 5.66. The molecule has 0 aliphatic heterocycles. The molecule has 0 atom stereocenters. The molecule has 0 N–H and O–H groups in total. The Labute approximate surface area is 101 Å². The number of allylic oxidation sites excluding steroid dienone is 1. The van der Waals surface area contributed by atoms with Gasteiger partial charge in [0.15, 0.2) is 6.21 Å². The SMILES string of the molecule is [O-][N+](=C/C=C/c1ccccc1)c1ccccc1. The lowest BCUT2D eigenvalue weighted by atomic mass is 10.2. The molecule has 0 bridgehead atoms. The molecule has 0 unspecified atom stereocenters. The summed E-state index contributed by atoms with van der Waals surface area (Å²) in [5.74, 6) is 0. The van der Waals surface area contributed by atoms with E-state index in [1.54, 1.807) is 18.2 Å². The van der Waals surface area contributed by atoms with Gasteiger partial charge in [-0.05, 0) is 11.6 Å². The van der Waals surface area contributed by atoms with Crippen LogP contribution in [0.4, 0.5) is 5.69 Å². The van der Waals surface area contributed by atoms with E-state index in [1.165, 1.54) is 6.21 Å². The monoisotopic (exact) mass is 223 g/mol. The summed E-state index contributed by atoms with van der Waals surface area (Å²) in [6.45, 7) is 0. The first-order valence-corrected chi connectivity index (χ1v) is 5.44. The van der Waals surface area contributed by atoms with E-state index in [2.05, 4.69) is 0 Å². The van der Waals surface area contributed by atoms with Gasteiger partial charge in [-0.3, -0.25) is 0 Å². The highest BCUT2D eigenvalue weighted by Gasteiger charge is 1.95. The molecule has 2 rings (SSSR count). The molecule has 2 aromatic rings. The maximum absolute atomic E-state index is 11.6. The molecule has 0 spiro atoms. The maximum atomic E-state index is 11.6. The predicted molar refractivity (Wildman–Crippen MR) is 71.3 cm³/mol. The summed E-state index contributed by atoms with van der Waals surface area (Å²) in [7, 11) is 0. The van der Waals surface area contributed by atoms with E-state index < -0.39 is 0 Å². The van der Waals surface area contributed by atoms with E-state index in [-0.39, 0.29) is 0 Å². The molecular weight excluding hydrogens is 210 g/mol. The van der Waals surface area contributed by atoms with Crippen LogP contribution in [0.25, 0.3) is 6.08 Å². The molecule has 2 heteroatoms. The van der Waals surface area contributed by atoms with Gasteiger partial charge in [0, 0.05) is 18.2 Å². The zero-order chi connectivity index (χ0) is 11.9. The van der Waals surface area contributed by atoms with Gasteiger partial charge in [0.05, 0.1) is 0 Å². The van der Waals surface area contributed by atoms with Gasteiger partial charge >= 0.3 is 0 Å². The molecule has 0 radical (unpaired) electrons. The molecule has 0 amide bonds. The lowest BCUT2D eigenvalue weighted by molar-refractivity contribution is -0.354. The maximum Gasteiger partial charge on any atom is 0.216 e. The van der Waals surface area contributed by atoms with Crippen LogP contribution >= 0.6 is 0 Å². The zero-order valence-corrected chi connectivity index (χ0v) is 9.36. The summed E-state index contributed by atoms with van der Waals surface area (Å²) in [6, 6.07) is 19.0. The fourth-order valence-corrected chi connectivity index (χ4v) is 1.46. The number of benzene rings is 2. The fraction of sp³-hybridized carbons (Fsp3) is 0. The Morgan fingerprint density at radius 3 is 2.06 bits per heavy atom. The summed E-state index contributed by atoms with van der Waals surface area (Å²) >= 11 is 0. The van der Waals surface area contributed by atoms with Crippen LogP contribution in [0.5, 0.6) is 0 Å². The van der Waals surface area contributed by atoms with Crippen LogP contribution in [0, 0.1) is 5.21 Å². The van der Waals surface area contributed by atoms with Crippen LogP contribution < -0.4 is 0 Å². The molecule has 0 fully saturated rings. The smallest absolute Gasteiger partial charge is 0.216 e. The number of hydrogen-bond acceptors (Lipinski definition) is 1. The van der Waals surface area contributed by atoms with Crippen molar-refractivity contribution >= 4 is 18.0 Å². The average molecular weight is 223 g/mol. The Kier molecular flexibility index (Phi) is 3.71. The Balaban J connectivity index is 2.09. The van der Waals surface area contributed by atoms with Gasteiger partial charge in [0.1, 0.15) is 0 Å². The van der Waals surface area contributed by atoms with Crippen molar-refractivity contribution < 1.29 is 4.74 Å². The lowest BCUT2D eigenvalue weighted by Crippen LogP contribution is -1.94. The minimum Gasteiger partial charge on any atom is -0.618 e. The van der Waals surface area contributed by atoms with Gasteiger partial charge in [-0.2, -0.15) is 4.74 Å². The van der Waals surface area contributed by atoms with E-state index in [9.17, 15) is 5.21 Å². The van der Waals surface area contributed by atoms with Crippen LogP contribution in [-0.4, -0.2) is 11.0 Å². The van der Waals surface area contributed by atoms with Crippen molar-refractivity contribution in [2.24, 2.45) is 0 Å². The van der Waals surface area contributed by atoms with E-state index in [1.807, 2.05) is 54.6 Å². The molecule has 0 aromatic heterocycles. The van der Waals surface area contributed by atoms with Crippen LogP contribution in [0.15, 0.2) is 66.7 Å². The standard InChI is InChI=1S/C15H13NO/c17-16(15-11-5-2-6-12-15)13-7-10-14-8-3-1-4-9-14/h1-13H/b10-7+,16-13?. The van der Waals surface area contributed by atoms with Crippen molar-refractivity contribution in [1.82, 2.24) is 0 Å². The Morgan fingerprint density at radius 2 is 1.41 bits per heavy atom. The number of nitrogens with zero attached hydrogens (tertiary/aromatic N) is 1. The predicted octanol–water partition coefficient (Wildman–Crippen LogP) is 3.61. The third kappa shape index (κ3) is 3.31. The van der Waals surface area contributed by atoms with Gasteiger partial charge in [-0.25, -0.2) is 0 Å². The zero-order valence-electron chi connectivity index (χ0n) is 9.36. The highest BCUT2D eigenvalue weighted by atomic mass is 16.5. The van der Waals surface area contributed by atoms with Gasteiger partial charge in [-0.15, -0.1) is 0 Å². The average Bonchev–Trinajstić information content (AvgIpc) is 2.41. The van der Waals surface area contributed by atoms with Gasteiger partial charge < -0.3 is 5.21 Å². The molecule has 0 aliphatic rings. The Hall–Kier alpha value is -2.35. The Morgan fingerprint density at radius 1 is 0.824 bits per heavy atom. The summed E-state index contributed by atoms with van der Waals surface area (Å²) in [5, 5.41) is 11.6. The van der Waals surface area contributed by atoms with Crippen molar-refractivity contribution in [2.75, 3.05) is 0 Å². The van der Waals surface area contributed by atoms with Crippen LogP contribution in [0.2, 0.25) is 0 Å². The second-order valence-corrected chi connectivity index (χ2v) is 3.58. The molecule has 0 saturated carbocycles. The molecule has 0 heterocycles. The van der Waals surface area contributed by atoms with Crippen LogP contribution in [0.3, 0.4) is 0 Å². The minimum absolute atomic E-state index is 0.630. The number of hydrogen-bond donors (Lipinski definition) is 0. The molecule has 2 nitrogen and oxygen atoms in total. The van der Waals surface area contributed by atoms with Gasteiger partial charge in [-0.1, -0.05) is 48.5 Å². The highest BCUT2D eigenvalue weighted by Crippen LogP contribution is 2.08. The van der Waals surface area contributed by atoms with E-state index in [0.717, 1.165) is 10.3 Å². The molecule has 0 saturated heterocycles. The van der Waals surface area contributed by atoms with Crippen LogP contribution in [0.1, 0.15) is 5.56 Å². The molecule has 17 heavy (non-hydrogen) atoms. The van der Waals surface area contributed by atoms with Crippen molar-refractivity contribution in [3.8, 4) is 0 Å². The largest absolute Gasteiger partial charge is 0.618 e. The lowest BCUT2D eigenvalue weighted by Gasteiger charge is -1.99. The molecule has 84 valence electrons. The summed E-state index contributed by atoms with van der Waals surface area (Å²) in [6.07, 6.45) is 5.14. The topological polar surface area (TPSA) is 26.1 Å².